The van der Waals surface area contributed by atoms with Crippen LogP contribution in [0.1, 0.15) is 60.7 Å². The summed E-state index contributed by atoms with van der Waals surface area (Å²) >= 11 is 5.98. The van der Waals surface area contributed by atoms with Crippen molar-refractivity contribution in [3.05, 3.63) is 129 Å². The lowest BCUT2D eigenvalue weighted by Gasteiger charge is -2.37. The Bertz CT molecular complexity index is 2030. The van der Waals surface area contributed by atoms with Crippen LogP contribution in [0, 0.1) is 5.82 Å². The zero-order valence-corrected chi connectivity index (χ0v) is 29.0. The number of nitrogens with one attached hydrogen (secondary N) is 2. The van der Waals surface area contributed by atoms with Crippen LogP contribution in [0.5, 0.6) is 0 Å². The third-order valence-corrected chi connectivity index (χ3v) is 8.85. The molecule has 1 aliphatic rings. The third-order valence-electron chi connectivity index (χ3n) is 8.56. The van der Waals surface area contributed by atoms with E-state index in [9.17, 15) is 29.1 Å². The molecule has 5 rings (SSSR count). The highest BCUT2D eigenvalue weighted by Crippen LogP contribution is 2.37. The fraction of sp³-hybridized carbons (Fsp3) is 0.205. The Morgan fingerprint density at radius 2 is 1.65 bits per heavy atom. The van der Waals surface area contributed by atoms with E-state index in [1.807, 2.05) is 37.2 Å². The molecule has 0 radical (unpaired) electrons. The topological polar surface area (TPSA) is 136 Å². The number of benzene rings is 4. The predicted molar refractivity (Wildman–Crippen MR) is 193 cm³/mol. The number of nitrogens with zero attached hydrogens (tertiary/aromatic N) is 2. The molecule has 0 spiro atoms. The van der Waals surface area contributed by atoms with Gasteiger partial charge in [-0.2, -0.15) is 0 Å². The minimum absolute atomic E-state index is 0.0397. The van der Waals surface area contributed by atoms with E-state index in [0.29, 0.717) is 36.3 Å². The van der Waals surface area contributed by atoms with Crippen LogP contribution in [0.3, 0.4) is 0 Å². The lowest BCUT2D eigenvalue weighted by molar-refractivity contribution is -0.135. The molecule has 1 aliphatic heterocycles. The number of carbonyl (C=O) groups is 5. The molecule has 51 heavy (non-hydrogen) atoms. The number of carboxylic acid groups (broad SMARTS) is 1. The number of carbonyl (C=O) groups excluding carboxylic acids is 4. The van der Waals surface area contributed by atoms with Gasteiger partial charge in [-0.25, -0.2) is 9.18 Å². The van der Waals surface area contributed by atoms with Crippen LogP contribution in [0.2, 0.25) is 5.02 Å². The molecule has 0 aliphatic carbocycles. The van der Waals surface area contributed by atoms with Crippen LogP contribution in [0.4, 0.5) is 10.1 Å². The summed E-state index contributed by atoms with van der Waals surface area (Å²) in [5, 5.41) is 14.8. The number of fused-ring (bicyclic) bond motifs is 1. The normalized spacial score (nSPS) is 13.9. The largest absolute Gasteiger partial charge is 0.478 e. The van der Waals surface area contributed by atoms with Crippen molar-refractivity contribution in [3.63, 3.8) is 0 Å². The number of Topliss-reactive ketones (excluding diaryl/α,β-unsaturated/α-hetero) is 1. The quantitative estimate of drug-likeness (QED) is 0.126. The average molecular weight is 711 g/mol. The first kappa shape index (κ1) is 36.6. The first-order chi connectivity index (χ1) is 24.3. The van der Waals surface area contributed by atoms with E-state index in [1.54, 1.807) is 24.3 Å². The molecule has 0 saturated heterocycles. The first-order valence-electron chi connectivity index (χ1n) is 16.1. The summed E-state index contributed by atoms with van der Waals surface area (Å²) in [6.07, 6.45) is 2.67. The van der Waals surface area contributed by atoms with Gasteiger partial charge in [0.2, 0.25) is 5.91 Å². The van der Waals surface area contributed by atoms with Crippen LogP contribution in [0.25, 0.3) is 17.2 Å². The Kier molecular flexibility index (Phi) is 11.4. The number of ketones is 1. The zero-order chi connectivity index (χ0) is 36.8. The molecule has 1 unspecified atom stereocenters. The van der Waals surface area contributed by atoms with Crippen LogP contribution in [0.15, 0.2) is 84.9 Å². The highest BCUT2D eigenvalue weighted by Gasteiger charge is 2.36. The number of hydrogen-bond acceptors (Lipinski definition) is 6. The Balaban J connectivity index is 1.49. The summed E-state index contributed by atoms with van der Waals surface area (Å²) in [4.78, 5) is 67.4. The van der Waals surface area contributed by atoms with Gasteiger partial charge in [0, 0.05) is 48.1 Å². The van der Waals surface area contributed by atoms with E-state index in [0.717, 1.165) is 22.8 Å². The molecule has 0 bridgehead atoms. The van der Waals surface area contributed by atoms with Gasteiger partial charge in [0.1, 0.15) is 11.9 Å². The number of carboxylic acids is 1. The molecule has 0 aromatic heterocycles. The molecule has 262 valence electrons. The fourth-order valence-corrected chi connectivity index (χ4v) is 6.11. The summed E-state index contributed by atoms with van der Waals surface area (Å²) in [6.45, 7) is 2.60. The van der Waals surface area contributed by atoms with E-state index >= 15 is 4.39 Å². The molecule has 4 aromatic rings. The van der Waals surface area contributed by atoms with Crippen molar-refractivity contribution in [2.24, 2.45) is 0 Å². The second kappa shape index (κ2) is 15.9. The number of likely N-dealkylation sites (N-methyl/N-ethyl adjacent to an activating group) is 1. The van der Waals surface area contributed by atoms with Gasteiger partial charge in [-0.3, -0.25) is 19.2 Å². The Morgan fingerprint density at radius 3 is 2.29 bits per heavy atom. The number of halogens is 2. The molecule has 12 heteroatoms. The Labute approximate surface area is 299 Å². The number of rotatable bonds is 11. The summed E-state index contributed by atoms with van der Waals surface area (Å²) in [7, 11) is 3.85. The van der Waals surface area contributed by atoms with Crippen molar-refractivity contribution < 1.29 is 33.5 Å². The maximum Gasteiger partial charge on any atom is 0.335 e. The van der Waals surface area contributed by atoms with E-state index in [1.165, 1.54) is 54.3 Å². The lowest BCUT2D eigenvalue weighted by Crippen LogP contribution is -2.45. The van der Waals surface area contributed by atoms with E-state index in [2.05, 4.69) is 10.6 Å². The molecular formula is C39H36ClFN4O6. The minimum Gasteiger partial charge on any atom is -0.478 e. The van der Waals surface area contributed by atoms with Crippen LogP contribution in [-0.4, -0.2) is 78.1 Å². The second-order valence-electron chi connectivity index (χ2n) is 12.3. The molecule has 3 N–H and O–H groups in total. The van der Waals surface area contributed by atoms with Gasteiger partial charge in [0.05, 0.1) is 10.6 Å². The SMILES string of the molecule is CC(=O)c1ccc(Cl)c(F)c1/C=C/C(=O)N1CCc2c(-c3ccc(C(=O)NCCN(C)C)cc3)cccc2C1C(=O)Nc1ccc(C(=O)O)cc1. The summed E-state index contributed by atoms with van der Waals surface area (Å²) in [5.41, 5.74) is 3.79. The van der Waals surface area contributed by atoms with Crippen molar-refractivity contribution in [3.8, 4) is 11.1 Å². The van der Waals surface area contributed by atoms with Gasteiger partial charge >= 0.3 is 5.97 Å². The van der Waals surface area contributed by atoms with Gasteiger partial charge in [-0.1, -0.05) is 41.9 Å². The average Bonchev–Trinajstić information content (AvgIpc) is 3.11. The van der Waals surface area contributed by atoms with E-state index in [4.69, 9.17) is 11.6 Å². The smallest absolute Gasteiger partial charge is 0.335 e. The minimum atomic E-state index is -1.14. The van der Waals surface area contributed by atoms with Crippen LogP contribution >= 0.6 is 11.6 Å². The van der Waals surface area contributed by atoms with Crippen LogP contribution in [-0.2, 0) is 16.0 Å². The molecule has 4 aromatic carbocycles. The number of anilines is 1. The van der Waals surface area contributed by atoms with E-state index in [-0.39, 0.29) is 34.2 Å². The number of hydrogen-bond donors (Lipinski definition) is 3. The third kappa shape index (κ3) is 8.39. The molecular weight excluding hydrogens is 675 g/mol. The zero-order valence-electron chi connectivity index (χ0n) is 28.2. The molecule has 1 atom stereocenters. The van der Waals surface area contributed by atoms with Crippen molar-refractivity contribution in [2.45, 2.75) is 19.4 Å². The molecule has 10 nitrogen and oxygen atoms in total. The summed E-state index contributed by atoms with van der Waals surface area (Å²) in [6, 6.07) is 19.7. The number of amides is 3. The maximum absolute atomic E-state index is 15.0. The van der Waals surface area contributed by atoms with Gasteiger partial charge < -0.3 is 25.5 Å². The highest BCUT2D eigenvalue weighted by atomic mass is 35.5. The van der Waals surface area contributed by atoms with Gasteiger partial charge in [0.15, 0.2) is 5.78 Å². The second-order valence-corrected chi connectivity index (χ2v) is 12.7. The molecule has 0 saturated carbocycles. The van der Waals surface area contributed by atoms with Crippen LogP contribution < -0.4 is 10.6 Å². The monoisotopic (exact) mass is 710 g/mol. The number of aromatic carboxylic acids is 1. The molecule has 3 amide bonds. The van der Waals surface area contributed by atoms with Gasteiger partial charge in [0.25, 0.3) is 11.8 Å². The first-order valence-corrected chi connectivity index (χ1v) is 16.5. The summed E-state index contributed by atoms with van der Waals surface area (Å²) < 4.78 is 15.0. The fourth-order valence-electron chi connectivity index (χ4n) is 5.95. The lowest BCUT2D eigenvalue weighted by atomic mass is 9.85. The van der Waals surface area contributed by atoms with Crippen molar-refractivity contribution in [2.75, 3.05) is 39.0 Å². The van der Waals surface area contributed by atoms with Gasteiger partial charge in [-0.05, 0) is 104 Å². The van der Waals surface area contributed by atoms with E-state index < -0.39 is 35.4 Å². The van der Waals surface area contributed by atoms with Crippen molar-refractivity contribution >= 4 is 52.8 Å². The molecule has 0 fully saturated rings. The maximum atomic E-state index is 15.0. The molecule has 1 heterocycles. The Hall–Kier alpha value is -5.65. The van der Waals surface area contributed by atoms with Crippen molar-refractivity contribution in [1.82, 2.24) is 15.1 Å². The Morgan fingerprint density at radius 1 is 0.961 bits per heavy atom. The highest BCUT2D eigenvalue weighted by molar-refractivity contribution is 6.31. The standard InChI is InChI=1S/C39H36ClFN4O6/c1-23(46)28-15-17-33(40)35(41)31(28)16-18-34(47)45-21-19-30-29(24-7-9-25(10-8-24)37(48)42-20-22-44(2)3)5-4-6-32(30)36(45)38(49)43-27-13-11-26(12-14-27)39(50)51/h4-18,36H,19-22H2,1-3H3,(H,42,48)(H,43,49)(H,50,51)/b18-16+. The van der Waals surface area contributed by atoms with Crippen molar-refractivity contribution in [1.29, 1.82) is 0 Å². The predicted octanol–water partition coefficient (Wildman–Crippen LogP) is 6.12. The van der Waals surface area contributed by atoms with Gasteiger partial charge in [-0.15, -0.1) is 0 Å². The summed E-state index contributed by atoms with van der Waals surface area (Å²) in [5.74, 6) is -3.74.